The molecule has 0 rings (SSSR count). The molecule has 2 N–H and O–H groups in total. The van der Waals surface area contributed by atoms with E-state index < -0.39 is 18.4 Å². The van der Waals surface area contributed by atoms with E-state index in [1.165, 1.54) is 43.6 Å². The maximum atomic E-state index is 9.43. The summed E-state index contributed by atoms with van der Waals surface area (Å²) < 4.78 is 0. The Hall–Kier alpha value is 0.537. The minimum atomic E-state index is -1.31. The normalized spacial score (nSPS) is 8.65. The van der Waals surface area contributed by atoms with Crippen LogP contribution in [0.3, 0.4) is 0 Å². The second-order valence-electron chi connectivity index (χ2n) is 3.73. The van der Waals surface area contributed by atoms with Crippen molar-refractivity contribution < 1.29 is 19.8 Å². The first-order valence-corrected chi connectivity index (χ1v) is 5.98. The third-order valence-corrected chi connectivity index (χ3v) is 2.01. The second kappa shape index (κ2) is 18.9. The van der Waals surface area contributed by atoms with E-state index in [0.717, 1.165) is 0 Å². The Labute approximate surface area is 135 Å². The van der Waals surface area contributed by atoms with E-state index in [-0.39, 0.29) is 29.6 Å². The molecule has 4 nitrogen and oxygen atoms in total. The SMILES string of the molecule is O=C(O)CC(=O)O.[Li][CH2]CCCCCCC.[NaH]. The van der Waals surface area contributed by atoms with Crippen LogP contribution in [0.15, 0.2) is 0 Å². The fourth-order valence-electron chi connectivity index (χ4n) is 1.16. The van der Waals surface area contributed by atoms with Gasteiger partial charge in [0.1, 0.15) is 6.42 Å². The molecule has 0 spiro atoms. The number of carboxylic acids is 2. The van der Waals surface area contributed by atoms with E-state index in [1.54, 1.807) is 0 Å². The molecule has 0 aliphatic heterocycles. The third-order valence-electron chi connectivity index (χ3n) is 2.01. The molecule has 92 valence electrons. The first kappa shape index (κ1) is 22.7. The van der Waals surface area contributed by atoms with Gasteiger partial charge in [0, 0.05) is 0 Å². The van der Waals surface area contributed by atoms with Crippen LogP contribution in [0.4, 0.5) is 0 Å². The zero-order valence-corrected chi connectivity index (χ0v) is 10.4. The molecule has 6 heteroatoms. The molecule has 0 fully saturated rings. The van der Waals surface area contributed by atoms with Crippen LogP contribution in [-0.4, -0.2) is 69.4 Å². The van der Waals surface area contributed by atoms with Crippen LogP contribution >= 0.6 is 0 Å². The molecule has 17 heavy (non-hydrogen) atoms. The average Bonchev–Trinajstić information content (AvgIpc) is 2.16. The van der Waals surface area contributed by atoms with Crippen molar-refractivity contribution in [1.29, 1.82) is 0 Å². The summed E-state index contributed by atoms with van der Waals surface area (Å²) in [7, 11) is 0. The zero-order chi connectivity index (χ0) is 12.8. The Bertz CT molecular complexity index is 170. The Morgan fingerprint density at radius 2 is 1.35 bits per heavy atom. The van der Waals surface area contributed by atoms with E-state index in [1.807, 2.05) is 0 Å². The van der Waals surface area contributed by atoms with Gasteiger partial charge in [-0.05, 0) is 0 Å². The van der Waals surface area contributed by atoms with Gasteiger partial charge in [-0.25, -0.2) is 0 Å². The van der Waals surface area contributed by atoms with Crippen LogP contribution < -0.4 is 0 Å². The summed E-state index contributed by atoms with van der Waals surface area (Å²) >= 11 is 2.26. The summed E-state index contributed by atoms with van der Waals surface area (Å²) in [4.78, 5) is 18.9. The summed E-state index contributed by atoms with van der Waals surface area (Å²) in [6.45, 7) is 2.26. The standard InChI is InChI=1S/C8H17.C3H4O4.Li.Na.H/c1-3-5-7-8-6-4-2;4-2(5)1-3(6)7;;;/h1,3-8H2,2H3;1H2,(H,4,5)(H,6,7);;;. The van der Waals surface area contributed by atoms with Gasteiger partial charge in [0.25, 0.3) is 0 Å². The molecule has 0 aromatic carbocycles. The van der Waals surface area contributed by atoms with Crippen molar-refractivity contribution in [3.8, 4) is 0 Å². The number of unbranched alkanes of at least 4 members (excludes halogenated alkanes) is 5. The molecule has 0 radical (unpaired) electrons. The molecule has 0 atom stereocenters. The summed E-state index contributed by atoms with van der Waals surface area (Å²) in [5, 5.41) is 16.8. The van der Waals surface area contributed by atoms with Gasteiger partial charge in [-0.1, -0.05) is 0 Å². The van der Waals surface area contributed by atoms with Gasteiger partial charge in [-0.15, -0.1) is 0 Å². The van der Waals surface area contributed by atoms with Crippen molar-refractivity contribution in [1.82, 2.24) is 0 Å². The number of carboxylic acid groups (broad SMARTS) is 2. The van der Waals surface area contributed by atoms with Gasteiger partial charge in [-0.3, -0.25) is 9.59 Å². The van der Waals surface area contributed by atoms with E-state index in [0.29, 0.717) is 0 Å². The van der Waals surface area contributed by atoms with Gasteiger partial charge in [0.05, 0.1) is 0 Å². The summed E-state index contributed by atoms with van der Waals surface area (Å²) in [5.74, 6) is -2.62. The quantitative estimate of drug-likeness (QED) is 0.390. The summed E-state index contributed by atoms with van der Waals surface area (Å²) in [5.41, 5.74) is 0. The van der Waals surface area contributed by atoms with Crippen molar-refractivity contribution in [3.05, 3.63) is 0 Å². The molecule has 0 saturated heterocycles. The van der Waals surface area contributed by atoms with Crippen LogP contribution in [0.2, 0.25) is 5.09 Å². The van der Waals surface area contributed by atoms with Crippen LogP contribution in [0.5, 0.6) is 0 Å². The monoisotopic (exact) mass is 248 g/mol. The maximum absolute atomic E-state index is 9.43. The molecule has 0 aliphatic rings. The molecule has 0 amide bonds. The molecular formula is C11H22LiNaO4. The number of carbonyl (C=O) groups is 2. The van der Waals surface area contributed by atoms with E-state index in [9.17, 15) is 9.59 Å². The van der Waals surface area contributed by atoms with Crippen LogP contribution in [0, 0.1) is 0 Å². The van der Waals surface area contributed by atoms with Gasteiger partial charge in [0.2, 0.25) is 0 Å². The topological polar surface area (TPSA) is 74.6 Å². The van der Waals surface area contributed by atoms with Crippen LogP contribution in [0.25, 0.3) is 0 Å². The van der Waals surface area contributed by atoms with Crippen molar-refractivity contribution in [2.75, 3.05) is 0 Å². The molecular weight excluding hydrogens is 226 g/mol. The Balaban J connectivity index is -0.000000224. The van der Waals surface area contributed by atoms with Crippen molar-refractivity contribution in [2.24, 2.45) is 0 Å². The van der Waals surface area contributed by atoms with E-state index in [2.05, 4.69) is 24.6 Å². The fraction of sp³-hybridized carbons (Fsp3) is 0.818. The molecule has 0 aromatic heterocycles. The Morgan fingerprint density at radius 1 is 0.941 bits per heavy atom. The van der Waals surface area contributed by atoms with Gasteiger partial charge in [-0.2, -0.15) is 0 Å². The third kappa shape index (κ3) is 31.5. The van der Waals surface area contributed by atoms with E-state index in [4.69, 9.17) is 10.2 Å². The predicted octanol–water partition coefficient (Wildman–Crippen LogP) is 1.83. The van der Waals surface area contributed by atoms with Crippen molar-refractivity contribution in [2.45, 2.75) is 57.0 Å². The number of aliphatic carboxylic acids is 2. The van der Waals surface area contributed by atoms with Gasteiger partial charge < -0.3 is 10.2 Å². The molecule has 0 heterocycles. The summed E-state index contributed by atoms with van der Waals surface area (Å²) in [6, 6.07) is 0. The van der Waals surface area contributed by atoms with Gasteiger partial charge in [0.15, 0.2) is 0 Å². The summed E-state index contributed by atoms with van der Waals surface area (Å²) in [6.07, 6.45) is 7.80. The average molecular weight is 248 g/mol. The van der Waals surface area contributed by atoms with Gasteiger partial charge >= 0.3 is 110 Å². The van der Waals surface area contributed by atoms with Crippen molar-refractivity contribution in [3.63, 3.8) is 0 Å². The Morgan fingerprint density at radius 3 is 1.65 bits per heavy atom. The fourth-order valence-corrected chi connectivity index (χ4v) is 1.16. The minimum absolute atomic E-state index is 0. The number of hydrogen-bond donors (Lipinski definition) is 2. The Kier molecular flexibility index (Phi) is 25.2. The molecule has 0 aromatic rings. The first-order chi connectivity index (χ1) is 7.54. The predicted molar refractivity (Wildman–Crippen MR) is 71.0 cm³/mol. The number of rotatable bonds is 8. The van der Waals surface area contributed by atoms with E-state index >= 15 is 0 Å². The molecule has 0 bridgehead atoms. The molecule has 0 aliphatic carbocycles. The van der Waals surface area contributed by atoms with Crippen molar-refractivity contribution >= 4 is 59.2 Å². The molecule has 0 unspecified atom stereocenters. The molecule has 0 saturated carbocycles. The zero-order valence-electron chi connectivity index (χ0n) is 10.4. The first-order valence-electron chi connectivity index (χ1n) is 5.98. The van der Waals surface area contributed by atoms with Crippen LogP contribution in [0.1, 0.15) is 51.9 Å². The van der Waals surface area contributed by atoms with Crippen LogP contribution in [-0.2, 0) is 9.59 Å². The second-order valence-corrected chi connectivity index (χ2v) is 3.73. The number of hydrogen-bond acceptors (Lipinski definition) is 2.